The van der Waals surface area contributed by atoms with Gasteiger partial charge in [0.1, 0.15) is 5.82 Å². The van der Waals surface area contributed by atoms with E-state index in [-0.39, 0.29) is 0 Å². The second-order valence-electron chi connectivity index (χ2n) is 6.07. The van der Waals surface area contributed by atoms with E-state index in [2.05, 4.69) is 51.8 Å². The summed E-state index contributed by atoms with van der Waals surface area (Å²) in [6, 6.07) is 10.4. The first-order valence-corrected chi connectivity index (χ1v) is 8.19. The number of nitrogens with zero attached hydrogens (tertiary/aromatic N) is 2. The van der Waals surface area contributed by atoms with Crippen molar-refractivity contribution in [2.75, 3.05) is 23.8 Å². The molecule has 5 nitrogen and oxygen atoms in total. The number of ether oxygens (including phenoxy) is 1. The largest absolute Gasteiger partial charge is 0.376 e. The van der Waals surface area contributed by atoms with E-state index in [0.29, 0.717) is 12.1 Å². The highest BCUT2D eigenvalue weighted by Gasteiger charge is 2.15. The molecule has 1 aromatic carbocycles. The predicted molar refractivity (Wildman–Crippen MR) is 92.7 cm³/mol. The quantitative estimate of drug-likeness (QED) is 0.857. The molecule has 1 fully saturated rings. The number of hydrogen-bond donors (Lipinski definition) is 2. The number of anilines is 2. The standard InChI is InChI=1S/C18H24N4O/c1-13-5-7-15(8-6-13)11-20-18-21-14(2)10-17(22-18)19-12-16-4-3-9-23-16/h5-8,10,16H,3-4,9,11-12H2,1-2H3,(H2,19,20,21,22). The third kappa shape index (κ3) is 4.66. The maximum absolute atomic E-state index is 5.63. The van der Waals surface area contributed by atoms with Gasteiger partial charge in [-0.15, -0.1) is 0 Å². The van der Waals surface area contributed by atoms with Crippen LogP contribution in [0.5, 0.6) is 0 Å². The lowest BCUT2D eigenvalue weighted by atomic mass is 10.1. The fourth-order valence-electron chi connectivity index (χ4n) is 2.65. The van der Waals surface area contributed by atoms with Crippen molar-refractivity contribution in [3.63, 3.8) is 0 Å². The van der Waals surface area contributed by atoms with Crippen LogP contribution in [-0.4, -0.2) is 29.2 Å². The van der Waals surface area contributed by atoms with Crippen LogP contribution in [0.15, 0.2) is 30.3 Å². The van der Waals surface area contributed by atoms with E-state index in [1.807, 2.05) is 13.0 Å². The topological polar surface area (TPSA) is 59.1 Å². The lowest BCUT2D eigenvalue weighted by Crippen LogP contribution is -2.19. The van der Waals surface area contributed by atoms with E-state index in [0.717, 1.165) is 44.0 Å². The van der Waals surface area contributed by atoms with Gasteiger partial charge < -0.3 is 15.4 Å². The van der Waals surface area contributed by atoms with Gasteiger partial charge >= 0.3 is 0 Å². The van der Waals surface area contributed by atoms with Crippen LogP contribution in [0.1, 0.15) is 29.7 Å². The zero-order chi connectivity index (χ0) is 16.1. The molecule has 1 aromatic heterocycles. The summed E-state index contributed by atoms with van der Waals surface area (Å²) in [4.78, 5) is 8.99. The fourth-order valence-corrected chi connectivity index (χ4v) is 2.65. The van der Waals surface area contributed by atoms with E-state index < -0.39 is 0 Å². The average molecular weight is 312 g/mol. The van der Waals surface area contributed by atoms with Crippen molar-refractivity contribution in [2.24, 2.45) is 0 Å². The molecule has 1 saturated heterocycles. The number of aromatic nitrogens is 2. The average Bonchev–Trinajstić information content (AvgIpc) is 3.05. The van der Waals surface area contributed by atoms with Gasteiger partial charge in [0.2, 0.25) is 5.95 Å². The van der Waals surface area contributed by atoms with Gasteiger partial charge in [0, 0.05) is 31.5 Å². The maximum atomic E-state index is 5.63. The van der Waals surface area contributed by atoms with Crippen LogP contribution in [0.2, 0.25) is 0 Å². The molecular formula is C18H24N4O. The first-order valence-electron chi connectivity index (χ1n) is 8.19. The Hall–Kier alpha value is -2.14. The van der Waals surface area contributed by atoms with E-state index in [4.69, 9.17) is 4.74 Å². The summed E-state index contributed by atoms with van der Waals surface area (Å²) in [7, 11) is 0. The molecule has 1 aliphatic rings. The van der Waals surface area contributed by atoms with Gasteiger partial charge in [-0.25, -0.2) is 4.98 Å². The third-order valence-electron chi connectivity index (χ3n) is 3.96. The first kappa shape index (κ1) is 15.7. The van der Waals surface area contributed by atoms with Gasteiger partial charge in [-0.1, -0.05) is 29.8 Å². The molecule has 1 unspecified atom stereocenters. The molecule has 2 N–H and O–H groups in total. The molecule has 0 spiro atoms. The molecule has 2 aromatic rings. The Balaban J connectivity index is 1.59. The van der Waals surface area contributed by atoms with Crippen LogP contribution in [0, 0.1) is 13.8 Å². The van der Waals surface area contributed by atoms with Gasteiger partial charge in [0.05, 0.1) is 6.10 Å². The van der Waals surface area contributed by atoms with Crippen LogP contribution in [-0.2, 0) is 11.3 Å². The third-order valence-corrected chi connectivity index (χ3v) is 3.96. The predicted octanol–water partition coefficient (Wildman–Crippen LogP) is 3.30. The van der Waals surface area contributed by atoms with Crippen molar-refractivity contribution < 1.29 is 4.74 Å². The summed E-state index contributed by atoms with van der Waals surface area (Å²) in [5.74, 6) is 1.50. The van der Waals surface area contributed by atoms with Crippen molar-refractivity contribution in [3.05, 3.63) is 47.2 Å². The minimum atomic E-state index is 0.300. The summed E-state index contributed by atoms with van der Waals surface area (Å²) in [5, 5.41) is 6.65. The normalized spacial score (nSPS) is 17.2. The number of nitrogens with one attached hydrogen (secondary N) is 2. The molecule has 0 radical (unpaired) electrons. The Kier molecular flexibility index (Phi) is 5.08. The Morgan fingerprint density at radius 1 is 1.13 bits per heavy atom. The summed E-state index contributed by atoms with van der Waals surface area (Å²) in [5.41, 5.74) is 3.43. The van der Waals surface area contributed by atoms with Crippen LogP contribution < -0.4 is 10.6 Å². The molecule has 1 atom stereocenters. The van der Waals surface area contributed by atoms with Crippen LogP contribution in [0.3, 0.4) is 0 Å². The smallest absolute Gasteiger partial charge is 0.225 e. The maximum Gasteiger partial charge on any atom is 0.225 e. The molecule has 0 bridgehead atoms. The van der Waals surface area contributed by atoms with Crippen LogP contribution in [0.4, 0.5) is 11.8 Å². The van der Waals surface area contributed by atoms with E-state index in [1.165, 1.54) is 11.1 Å². The molecule has 5 heteroatoms. The number of aryl methyl sites for hydroxylation is 2. The minimum Gasteiger partial charge on any atom is -0.376 e. The number of benzene rings is 1. The highest BCUT2D eigenvalue weighted by molar-refractivity contribution is 5.42. The number of rotatable bonds is 6. The zero-order valence-electron chi connectivity index (χ0n) is 13.8. The molecular weight excluding hydrogens is 288 g/mol. The molecule has 1 aliphatic heterocycles. The SMILES string of the molecule is Cc1ccc(CNc2nc(C)cc(NCC3CCCO3)n2)cc1. The van der Waals surface area contributed by atoms with E-state index in [1.54, 1.807) is 0 Å². The van der Waals surface area contributed by atoms with E-state index >= 15 is 0 Å². The van der Waals surface area contributed by atoms with Gasteiger partial charge in [-0.2, -0.15) is 4.98 Å². The van der Waals surface area contributed by atoms with Crippen molar-refractivity contribution in [1.29, 1.82) is 0 Å². The Labute approximate surface area is 137 Å². The second kappa shape index (κ2) is 7.42. The van der Waals surface area contributed by atoms with Gasteiger partial charge in [-0.05, 0) is 32.3 Å². The van der Waals surface area contributed by atoms with Crippen molar-refractivity contribution in [2.45, 2.75) is 39.3 Å². The molecule has 0 amide bonds. The van der Waals surface area contributed by atoms with Crippen molar-refractivity contribution in [1.82, 2.24) is 9.97 Å². The fraction of sp³-hybridized carbons (Fsp3) is 0.444. The molecule has 122 valence electrons. The number of hydrogen-bond acceptors (Lipinski definition) is 5. The van der Waals surface area contributed by atoms with E-state index in [9.17, 15) is 0 Å². The van der Waals surface area contributed by atoms with Crippen molar-refractivity contribution >= 4 is 11.8 Å². The Bertz CT molecular complexity index is 636. The minimum absolute atomic E-state index is 0.300. The van der Waals surface area contributed by atoms with Gasteiger partial charge in [0.25, 0.3) is 0 Å². The lowest BCUT2D eigenvalue weighted by molar-refractivity contribution is 0.120. The summed E-state index contributed by atoms with van der Waals surface area (Å²) in [6.07, 6.45) is 2.57. The molecule has 0 saturated carbocycles. The summed E-state index contributed by atoms with van der Waals surface area (Å²) >= 11 is 0. The molecule has 3 rings (SSSR count). The second-order valence-corrected chi connectivity index (χ2v) is 6.07. The van der Waals surface area contributed by atoms with Gasteiger partial charge in [0.15, 0.2) is 0 Å². The lowest BCUT2D eigenvalue weighted by Gasteiger charge is -2.13. The summed E-state index contributed by atoms with van der Waals surface area (Å²) < 4.78 is 5.63. The molecule has 23 heavy (non-hydrogen) atoms. The monoisotopic (exact) mass is 312 g/mol. The molecule has 0 aliphatic carbocycles. The Morgan fingerprint density at radius 2 is 1.96 bits per heavy atom. The Morgan fingerprint density at radius 3 is 2.70 bits per heavy atom. The highest BCUT2D eigenvalue weighted by atomic mass is 16.5. The van der Waals surface area contributed by atoms with Gasteiger partial charge in [-0.3, -0.25) is 0 Å². The zero-order valence-corrected chi connectivity index (χ0v) is 13.8. The first-order chi connectivity index (χ1) is 11.2. The van der Waals surface area contributed by atoms with Crippen LogP contribution in [0.25, 0.3) is 0 Å². The molecule has 2 heterocycles. The highest BCUT2D eigenvalue weighted by Crippen LogP contribution is 2.15. The van der Waals surface area contributed by atoms with Crippen molar-refractivity contribution in [3.8, 4) is 0 Å². The van der Waals surface area contributed by atoms with Crippen LogP contribution >= 0.6 is 0 Å². The summed E-state index contributed by atoms with van der Waals surface area (Å²) in [6.45, 7) is 6.46.